The summed E-state index contributed by atoms with van der Waals surface area (Å²) in [5.74, 6) is -3.76. The molecule has 0 spiro atoms. The van der Waals surface area contributed by atoms with Crippen LogP contribution < -0.4 is 0 Å². The van der Waals surface area contributed by atoms with E-state index in [0.717, 1.165) is 28.3 Å². The van der Waals surface area contributed by atoms with Crippen LogP contribution in [0.2, 0.25) is 5.02 Å². The fourth-order valence-electron chi connectivity index (χ4n) is 4.97. The fraction of sp³-hybridized carbons (Fsp3) is 0.556. The van der Waals surface area contributed by atoms with E-state index in [0.29, 0.717) is 18.4 Å². The van der Waals surface area contributed by atoms with Crippen LogP contribution >= 0.6 is 11.6 Å². The summed E-state index contributed by atoms with van der Waals surface area (Å²) in [6.07, 6.45) is -1.65. The fourth-order valence-corrected chi connectivity index (χ4v) is 5.34. The molecule has 0 bridgehead atoms. The summed E-state index contributed by atoms with van der Waals surface area (Å²) in [7, 11) is 0. The summed E-state index contributed by atoms with van der Waals surface area (Å²) in [6.45, 7) is 4.37. The minimum Gasteiger partial charge on any atom is -0.481 e. The first kappa shape index (κ1) is 30.6. The van der Waals surface area contributed by atoms with E-state index in [1.807, 2.05) is 6.92 Å². The Bertz CT molecular complexity index is 1210. The molecule has 1 aromatic heterocycles. The summed E-state index contributed by atoms with van der Waals surface area (Å²) in [5, 5.41) is 13.2. The highest BCUT2D eigenvalue weighted by Gasteiger charge is 2.45. The molecule has 0 saturated heterocycles. The third-order valence-electron chi connectivity index (χ3n) is 7.33. The Morgan fingerprint density at radius 1 is 1.21 bits per heavy atom. The molecule has 1 saturated carbocycles. The Morgan fingerprint density at radius 2 is 1.85 bits per heavy atom. The van der Waals surface area contributed by atoms with Gasteiger partial charge in [-0.1, -0.05) is 31.4 Å². The number of carboxylic acid groups (broad SMARTS) is 1. The number of aromatic nitrogens is 2. The molecule has 1 aromatic carbocycles. The Balaban J connectivity index is 1.95. The molecule has 3 rings (SSSR count). The Labute approximate surface area is 229 Å². The van der Waals surface area contributed by atoms with E-state index in [-0.39, 0.29) is 37.3 Å². The van der Waals surface area contributed by atoms with Gasteiger partial charge in [0.25, 0.3) is 5.91 Å². The predicted octanol–water partition coefficient (Wildman–Crippen LogP) is 6.72. The van der Waals surface area contributed by atoms with Gasteiger partial charge in [0.2, 0.25) is 0 Å². The zero-order valence-corrected chi connectivity index (χ0v) is 22.8. The number of aliphatic carboxylic acids is 1. The first-order valence-corrected chi connectivity index (χ1v) is 13.2. The highest BCUT2D eigenvalue weighted by Crippen LogP contribution is 2.43. The smallest absolute Gasteiger partial charge is 0.433 e. The molecule has 1 aliphatic carbocycles. The molecule has 0 unspecified atom stereocenters. The summed E-state index contributed by atoms with van der Waals surface area (Å²) in [4.78, 5) is 39.1. The predicted molar refractivity (Wildman–Crippen MR) is 136 cm³/mol. The van der Waals surface area contributed by atoms with Crippen LogP contribution in [-0.4, -0.2) is 50.5 Å². The third-order valence-corrected chi connectivity index (χ3v) is 7.63. The molecule has 214 valence electrons. The van der Waals surface area contributed by atoms with Gasteiger partial charge in [-0.25, -0.2) is 4.39 Å². The van der Waals surface area contributed by atoms with Crippen molar-refractivity contribution in [2.75, 3.05) is 13.1 Å². The van der Waals surface area contributed by atoms with Crippen molar-refractivity contribution in [2.45, 2.75) is 77.9 Å². The zero-order valence-electron chi connectivity index (χ0n) is 22.1. The van der Waals surface area contributed by atoms with Crippen LogP contribution in [0.5, 0.6) is 0 Å². The molecule has 1 heterocycles. The van der Waals surface area contributed by atoms with Gasteiger partial charge in [0.05, 0.1) is 40.3 Å². The second-order valence-electron chi connectivity index (χ2n) is 10.4. The molecule has 0 radical (unpaired) electrons. The number of benzene rings is 1. The number of carbonyl (C=O) groups is 3. The lowest BCUT2D eigenvalue weighted by atomic mass is 9.74. The average molecular weight is 574 g/mol. The number of amides is 1. The largest absolute Gasteiger partial charge is 0.481 e. The van der Waals surface area contributed by atoms with E-state index < -0.39 is 64.5 Å². The quantitative estimate of drug-likeness (QED) is 0.193. The first-order valence-electron chi connectivity index (χ1n) is 12.9. The number of rotatable bonds is 10. The number of hydrogen-bond acceptors (Lipinski definition) is 4. The Morgan fingerprint density at radius 3 is 2.38 bits per heavy atom. The molecular formula is C27H32ClF4N3O4. The van der Waals surface area contributed by atoms with Crippen LogP contribution in [0.25, 0.3) is 0 Å². The van der Waals surface area contributed by atoms with Gasteiger partial charge < -0.3 is 10.0 Å². The Hall–Kier alpha value is -2.95. The number of Topliss-reactive ketones (excluding diaryl/α,β-unsaturated/α-hetero) is 1. The summed E-state index contributed by atoms with van der Waals surface area (Å²) in [5.41, 5.74) is -2.94. The van der Waals surface area contributed by atoms with Gasteiger partial charge in [-0.3, -0.25) is 19.1 Å². The number of halogens is 5. The van der Waals surface area contributed by atoms with Crippen LogP contribution in [0.1, 0.15) is 96.8 Å². The summed E-state index contributed by atoms with van der Waals surface area (Å²) in [6, 6.07) is 1.77. The number of aryl methyl sites for hydroxylation is 1. The minimum atomic E-state index is -4.94. The topological polar surface area (TPSA) is 92.5 Å². The van der Waals surface area contributed by atoms with E-state index in [9.17, 15) is 37.1 Å². The van der Waals surface area contributed by atoms with Crippen molar-refractivity contribution in [1.29, 1.82) is 0 Å². The van der Waals surface area contributed by atoms with Crippen LogP contribution in [0.15, 0.2) is 18.3 Å². The molecule has 7 nitrogen and oxygen atoms in total. The number of carboxylic acids is 1. The molecule has 39 heavy (non-hydrogen) atoms. The zero-order chi connectivity index (χ0) is 29.1. The molecule has 1 N–H and O–H groups in total. The number of nitrogens with zero attached hydrogens (tertiary/aromatic N) is 3. The van der Waals surface area contributed by atoms with E-state index >= 15 is 0 Å². The van der Waals surface area contributed by atoms with E-state index in [4.69, 9.17) is 11.6 Å². The standard InChI is InChI=1S/C27H32ClF4N3O4/c1-4-5-6-11-34(15-21(36)22-19(28)12-16(2)13-20(22)29)24(37)18-14-33-35(23(18)27(30,31)32)17-7-9-26(3,10-8-17)25(38)39/h12-14,17H,4-11,15H2,1-3H3,(H,38,39). The average Bonchev–Trinajstić information content (AvgIpc) is 3.29. The van der Waals surface area contributed by atoms with Crippen molar-refractivity contribution in [3.05, 3.63) is 51.6 Å². The van der Waals surface area contributed by atoms with Crippen molar-refractivity contribution >= 4 is 29.3 Å². The molecular weight excluding hydrogens is 542 g/mol. The van der Waals surface area contributed by atoms with Gasteiger partial charge in [-0.2, -0.15) is 18.3 Å². The van der Waals surface area contributed by atoms with E-state index in [1.165, 1.54) is 6.07 Å². The number of hydrogen-bond donors (Lipinski definition) is 1. The number of ketones is 1. The molecule has 1 aliphatic rings. The van der Waals surface area contributed by atoms with Crippen LogP contribution in [0.4, 0.5) is 17.6 Å². The lowest BCUT2D eigenvalue weighted by Gasteiger charge is -2.34. The van der Waals surface area contributed by atoms with Gasteiger partial charge in [0.1, 0.15) is 5.82 Å². The lowest BCUT2D eigenvalue weighted by Crippen LogP contribution is -2.38. The van der Waals surface area contributed by atoms with Crippen LogP contribution in [0.3, 0.4) is 0 Å². The van der Waals surface area contributed by atoms with Gasteiger partial charge in [-0.15, -0.1) is 0 Å². The number of unbranched alkanes of at least 4 members (excludes halogenated alkanes) is 2. The van der Waals surface area contributed by atoms with Gasteiger partial charge in [0, 0.05) is 6.54 Å². The van der Waals surface area contributed by atoms with Crippen molar-refractivity contribution < 1.29 is 37.1 Å². The molecule has 1 amide bonds. The highest BCUT2D eigenvalue weighted by atomic mass is 35.5. The molecule has 0 atom stereocenters. The maximum atomic E-state index is 14.6. The van der Waals surface area contributed by atoms with Gasteiger partial charge in [-0.05, 0) is 63.6 Å². The molecule has 1 fully saturated rings. The number of carbonyl (C=O) groups excluding carboxylic acids is 2. The van der Waals surface area contributed by atoms with Crippen molar-refractivity contribution in [3.63, 3.8) is 0 Å². The Kier molecular flexibility index (Phi) is 9.46. The maximum absolute atomic E-state index is 14.6. The normalized spacial score (nSPS) is 19.6. The number of alkyl halides is 3. The molecule has 0 aliphatic heterocycles. The van der Waals surface area contributed by atoms with E-state index in [2.05, 4.69) is 5.10 Å². The van der Waals surface area contributed by atoms with Crippen molar-refractivity contribution in [3.8, 4) is 0 Å². The van der Waals surface area contributed by atoms with Crippen molar-refractivity contribution in [2.24, 2.45) is 5.41 Å². The van der Waals surface area contributed by atoms with Gasteiger partial charge >= 0.3 is 12.1 Å². The molecule has 12 heteroatoms. The van der Waals surface area contributed by atoms with Gasteiger partial charge in [0.15, 0.2) is 11.5 Å². The minimum absolute atomic E-state index is 0.0214. The van der Waals surface area contributed by atoms with E-state index in [1.54, 1.807) is 13.8 Å². The summed E-state index contributed by atoms with van der Waals surface area (Å²) < 4.78 is 58.3. The molecule has 2 aromatic rings. The third kappa shape index (κ3) is 6.80. The summed E-state index contributed by atoms with van der Waals surface area (Å²) >= 11 is 6.09. The second-order valence-corrected chi connectivity index (χ2v) is 10.8. The van der Waals surface area contributed by atoms with Crippen molar-refractivity contribution in [1.82, 2.24) is 14.7 Å². The van der Waals surface area contributed by atoms with Crippen LogP contribution in [0, 0.1) is 18.2 Å². The second kappa shape index (κ2) is 12.1. The SMILES string of the molecule is CCCCCN(CC(=O)c1c(F)cc(C)cc1Cl)C(=O)c1cnn(C2CCC(C)(C(=O)O)CC2)c1C(F)(F)F. The highest BCUT2D eigenvalue weighted by molar-refractivity contribution is 6.34. The first-order chi connectivity index (χ1) is 18.2. The lowest BCUT2D eigenvalue weighted by molar-refractivity contribution is -0.152. The maximum Gasteiger partial charge on any atom is 0.433 e. The monoisotopic (exact) mass is 573 g/mol. The van der Waals surface area contributed by atoms with Crippen LogP contribution in [-0.2, 0) is 11.0 Å².